The van der Waals surface area contributed by atoms with E-state index in [0.29, 0.717) is 45.0 Å². The molecule has 5 heterocycles. The highest BCUT2D eigenvalue weighted by Gasteiger charge is 2.35. The molecule has 43 heavy (non-hydrogen) atoms. The van der Waals surface area contributed by atoms with Gasteiger partial charge in [-0.15, -0.1) is 11.3 Å². The summed E-state index contributed by atoms with van der Waals surface area (Å²) in [5, 5.41) is 11.8. The van der Waals surface area contributed by atoms with Crippen LogP contribution in [0.3, 0.4) is 0 Å². The van der Waals surface area contributed by atoms with Gasteiger partial charge in [-0.3, -0.25) is 14.3 Å². The Hall–Kier alpha value is -4.63. The van der Waals surface area contributed by atoms with E-state index in [1.165, 1.54) is 10.6 Å². The van der Waals surface area contributed by atoms with Crippen LogP contribution < -0.4 is 11.1 Å². The van der Waals surface area contributed by atoms with Gasteiger partial charge in [0.1, 0.15) is 21.1 Å². The number of thiophene rings is 1. The molecule has 0 radical (unpaired) electrons. The minimum atomic E-state index is -4.75. The number of nitrogens with zero attached hydrogens (tertiary/aromatic N) is 6. The van der Waals surface area contributed by atoms with Crippen LogP contribution in [0.15, 0.2) is 59.3 Å². The summed E-state index contributed by atoms with van der Waals surface area (Å²) in [4.78, 5) is 33.9. The molecule has 0 aliphatic carbocycles. The average Bonchev–Trinajstić information content (AvgIpc) is 3.67. The molecular formula is C28H20BrF3N8O2S. The number of hydrogen-bond donors (Lipinski definition) is 2. The molecule has 2 amide bonds. The summed E-state index contributed by atoms with van der Waals surface area (Å²) >= 11 is 4.17. The maximum absolute atomic E-state index is 13.8. The quantitative estimate of drug-likeness (QED) is 0.213. The first-order chi connectivity index (χ1) is 20.4. The number of pyridine rings is 1. The van der Waals surface area contributed by atoms with E-state index in [4.69, 9.17) is 5.73 Å². The Morgan fingerprint density at radius 3 is 2.51 bits per heavy atom. The van der Waals surface area contributed by atoms with E-state index in [0.717, 1.165) is 11.6 Å². The number of nitrogens with two attached hydrogens (primary N) is 1. The Balaban J connectivity index is 1.49. The number of fused-ring (bicyclic) bond motifs is 2. The van der Waals surface area contributed by atoms with Crippen molar-refractivity contribution < 1.29 is 22.8 Å². The number of aryl methyl sites for hydroxylation is 2. The van der Waals surface area contributed by atoms with E-state index in [1.807, 2.05) is 20.0 Å². The molecule has 0 aliphatic rings. The number of anilines is 1. The summed E-state index contributed by atoms with van der Waals surface area (Å²) in [6.07, 6.45) is -1.38. The highest BCUT2D eigenvalue weighted by molar-refractivity contribution is 9.10. The van der Waals surface area contributed by atoms with Crippen molar-refractivity contribution in [2.45, 2.75) is 26.6 Å². The van der Waals surface area contributed by atoms with Crippen molar-refractivity contribution in [2.75, 3.05) is 5.32 Å². The molecule has 0 unspecified atom stereocenters. The number of carbonyl (C=O) groups is 2. The van der Waals surface area contributed by atoms with Crippen LogP contribution in [0.1, 0.15) is 38.3 Å². The molecule has 0 atom stereocenters. The fourth-order valence-corrected chi connectivity index (χ4v) is 6.12. The lowest BCUT2D eigenvalue weighted by atomic mass is 10.00. The Bertz CT molecular complexity index is 2060. The molecule has 0 aliphatic heterocycles. The Labute approximate surface area is 253 Å². The maximum Gasteiger partial charge on any atom is 0.433 e. The lowest BCUT2D eigenvalue weighted by Gasteiger charge is -2.12. The van der Waals surface area contributed by atoms with Gasteiger partial charge in [0, 0.05) is 30.4 Å². The minimum absolute atomic E-state index is 0.0519. The number of benzene rings is 1. The van der Waals surface area contributed by atoms with Crippen LogP contribution >= 0.6 is 27.3 Å². The number of aromatic nitrogens is 6. The number of amides is 2. The third-order valence-electron chi connectivity index (χ3n) is 6.65. The van der Waals surface area contributed by atoms with Crippen molar-refractivity contribution in [3.05, 3.63) is 81.2 Å². The van der Waals surface area contributed by atoms with Crippen molar-refractivity contribution in [3.63, 3.8) is 0 Å². The van der Waals surface area contributed by atoms with E-state index in [9.17, 15) is 22.8 Å². The van der Waals surface area contributed by atoms with Crippen molar-refractivity contribution in [3.8, 4) is 22.5 Å². The summed E-state index contributed by atoms with van der Waals surface area (Å²) in [5.41, 5.74) is 7.34. The van der Waals surface area contributed by atoms with Crippen LogP contribution in [0.2, 0.25) is 0 Å². The van der Waals surface area contributed by atoms with Crippen LogP contribution in [0.4, 0.5) is 18.9 Å². The lowest BCUT2D eigenvalue weighted by molar-refractivity contribution is -0.140. The molecule has 0 saturated heterocycles. The van der Waals surface area contributed by atoms with Gasteiger partial charge in [0.05, 0.1) is 15.9 Å². The third-order valence-corrected chi connectivity index (χ3v) is 8.33. The number of carbonyl (C=O) groups excluding carboxylic acids is 2. The van der Waals surface area contributed by atoms with Gasteiger partial charge in [-0.1, -0.05) is 29.8 Å². The first-order valence-electron chi connectivity index (χ1n) is 12.8. The van der Waals surface area contributed by atoms with Gasteiger partial charge in [-0.25, -0.2) is 14.5 Å². The summed E-state index contributed by atoms with van der Waals surface area (Å²) in [7, 11) is 0. The zero-order valence-electron chi connectivity index (χ0n) is 22.4. The fraction of sp³-hybridized carbons (Fsp3) is 0.143. The van der Waals surface area contributed by atoms with Crippen molar-refractivity contribution >= 4 is 60.6 Å². The fourth-order valence-electron chi connectivity index (χ4n) is 4.59. The maximum atomic E-state index is 13.8. The molecule has 6 rings (SSSR count). The van der Waals surface area contributed by atoms with Crippen molar-refractivity contribution in [1.29, 1.82) is 0 Å². The molecule has 218 valence electrons. The standard InChI is InChI=1S/C28H20BrF3N8O2S/c1-3-39-12-16(29)22(38-39)18-8-9-34-20-11-17(37-40(18)20)26(42)36-23-21-15(14-6-4-13(2)5-7-14)10-19(28(30,31)32)35-27(21)43-24(23)25(33)41/h4-12H,3H2,1-2H3,(H2,33,41)(H,36,42). The Kier molecular flexibility index (Phi) is 7.01. The highest BCUT2D eigenvalue weighted by atomic mass is 79.9. The van der Waals surface area contributed by atoms with Crippen molar-refractivity contribution in [2.24, 2.45) is 5.73 Å². The zero-order chi connectivity index (χ0) is 30.6. The first-order valence-corrected chi connectivity index (χ1v) is 14.4. The van der Waals surface area contributed by atoms with Gasteiger partial charge in [0.2, 0.25) is 0 Å². The number of primary amides is 1. The molecule has 6 aromatic rings. The van der Waals surface area contributed by atoms with Gasteiger partial charge in [-0.05, 0) is 53.0 Å². The van der Waals surface area contributed by atoms with Gasteiger partial charge in [-0.2, -0.15) is 23.4 Å². The predicted octanol–water partition coefficient (Wildman–Crippen LogP) is 6.33. The number of nitrogens with one attached hydrogen (secondary N) is 1. The monoisotopic (exact) mass is 668 g/mol. The Morgan fingerprint density at radius 2 is 1.86 bits per heavy atom. The van der Waals surface area contributed by atoms with Gasteiger partial charge < -0.3 is 11.1 Å². The third kappa shape index (κ3) is 5.14. The average molecular weight is 669 g/mol. The van der Waals surface area contributed by atoms with Gasteiger partial charge >= 0.3 is 6.18 Å². The van der Waals surface area contributed by atoms with Crippen LogP contribution in [0.5, 0.6) is 0 Å². The second kappa shape index (κ2) is 10.6. The number of rotatable bonds is 6. The second-order valence-electron chi connectivity index (χ2n) is 9.53. The SMILES string of the molecule is CCn1cc(Br)c(-c2ccnc3cc(C(=O)Nc4c(C(N)=O)sc5nc(C(F)(F)F)cc(-c6ccc(C)cc6)c45)nn23)n1. The number of hydrogen-bond acceptors (Lipinski definition) is 7. The number of alkyl halides is 3. The summed E-state index contributed by atoms with van der Waals surface area (Å²) in [5.74, 6) is -1.66. The largest absolute Gasteiger partial charge is 0.433 e. The summed E-state index contributed by atoms with van der Waals surface area (Å²) < 4.78 is 45.4. The summed E-state index contributed by atoms with van der Waals surface area (Å²) in [6.45, 7) is 4.43. The van der Waals surface area contributed by atoms with E-state index in [1.54, 1.807) is 41.2 Å². The van der Waals surface area contributed by atoms with Gasteiger partial charge in [0.25, 0.3) is 11.8 Å². The van der Waals surface area contributed by atoms with Gasteiger partial charge in [0.15, 0.2) is 11.3 Å². The van der Waals surface area contributed by atoms with E-state index in [-0.39, 0.29) is 32.0 Å². The minimum Gasteiger partial charge on any atom is -0.365 e. The molecule has 0 fully saturated rings. The highest BCUT2D eigenvalue weighted by Crippen LogP contribution is 2.44. The van der Waals surface area contributed by atoms with Crippen molar-refractivity contribution in [1.82, 2.24) is 29.4 Å². The van der Waals surface area contributed by atoms with Crippen LogP contribution in [-0.2, 0) is 12.7 Å². The zero-order valence-corrected chi connectivity index (χ0v) is 24.8. The smallest absolute Gasteiger partial charge is 0.365 e. The Morgan fingerprint density at radius 1 is 1.12 bits per heavy atom. The lowest BCUT2D eigenvalue weighted by Crippen LogP contribution is -2.17. The van der Waals surface area contributed by atoms with E-state index >= 15 is 0 Å². The normalized spacial score (nSPS) is 11.9. The predicted molar refractivity (Wildman–Crippen MR) is 159 cm³/mol. The molecule has 10 nitrogen and oxygen atoms in total. The topological polar surface area (TPSA) is 133 Å². The molecule has 1 aromatic carbocycles. The summed E-state index contributed by atoms with van der Waals surface area (Å²) in [6, 6.07) is 10.9. The molecular weight excluding hydrogens is 649 g/mol. The van der Waals surface area contributed by atoms with Crippen LogP contribution in [0.25, 0.3) is 38.4 Å². The molecule has 0 saturated carbocycles. The number of halogens is 4. The van der Waals surface area contributed by atoms with E-state index < -0.39 is 23.7 Å². The molecule has 5 aromatic heterocycles. The van der Waals surface area contributed by atoms with Crippen LogP contribution in [-0.4, -0.2) is 41.2 Å². The molecule has 3 N–H and O–H groups in total. The second-order valence-corrected chi connectivity index (χ2v) is 11.4. The molecule has 15 heteroatoms. The van der Waals surface area contributed by atoms with Crippen LogP contribution in [0, 0.1) is 6.92 Å². The molecule has 0 bridgehead atoms. The first kappa shape index (κ1) is 28.5. The van der Waals surface area contributed by atoms with E-state index in [2.05, 4.69) is 41.4 Å². The molecule has 0 spiro atoms.